The second kappa shape index (κ2) is 6.37. The molecule has 1 amide bonds. The van der Waals surface area contributed by atoms with Gasteiger partial charge in [-0.2, -0.15) is 0 Å². The number of hydrogen-bond acceptors (Lipinski definition) is 5. The van der Waals surface area contributed by atoms with Gasteiger partial charge in [-0.25, -0.2) is 0 Å². The summed E-state index contributed by atoms with van der Waals surface area (Å²) >= 11 is 0. The van der Waals surface area contributed by atoms with Crippen LogP contribution in [0, 0.1) is 0 Å². The highest BCUT2D eigenvalue weighted by atomic mass is 16.6. The van der Waals surface area contributed by atoms with E-state index in [1.807, 2.05) is 18.2 Å². The molecular formula is C18H20N2O4. The van der Waals surface area contributed by atoms with Crippen molar-refractivity contribution in [3.63, 3.8) is 0 Å². The molecule has 0 unspecified atom stereocenters. The average Bonchev–Trinajstić information content (AvgIpc) is 3.36. The first-order chi connectivity index (χ1) is 11.7. The van der Waals surface area contributed by atoms with E-state index in [9.17, 15) is 4.79 Å². The second-order valence-electron chi connectivity index (χ2n) is 6.47. The van der Waals surface area contributed by atoms with Gasteiger partial charge in [-0.3, -0.25) is 4.79 Å². The summed E-state index contributed by atoms with van der Waals surface area (Å²) in [5.41, 5.74) is 0.879. The molecule has 2 fully saturated rings. The van der Waals surface area contributed by atoms with Gasteiger partial charge in [-0.1, -0.05) is 35.5 Å². The largest absolute Gasteiger partial charge is 0.371 e. The number of nitrogens with zero attached hydrogens (tertiary/aromatic N) is 2. The van der Waals surface area contributed by atoms with E-state index in [0.29, 0.717) is 26.3 Å². The van der Waals surface area contributed by atoms with Crippen molar-refractivity contribution in [3.05, 3.63) is 53.9 Å². The van der Waals surface area contributed by atoms with Gasteiger partial charge in [0.2, 0.25) is 5.76 Å². The molecule has 0 saturated carbocycles. The molecule has 0 bridgehead atoms. The second-order valence-corrected chi connectivity index (χ2v) is 6.47. The monoisotopic (exact) mass is 328 g/mol. The Bertz CT molecular complexity index is 688. The molecule has 0 aliphatic carbocycles. The van der Waals surface area contributed by atoms with E-state index in [0.717, 1.165) is 18.4 Å². The van der Waals surface area contributed by atoms with Crippen LogP contribution in [0.5, 0.6) is 0 Å². The molecule has 126 valence electrons. The fourth-order valence-corrected chi connectivity index (χ4v) is 3.48. The predicted octanol–water partition coefficient (Wildman–Crippen LogP) is 2.27. The van der Waals surface area contributed by atoms with Gasteiger partial charge < -0.3 is 18.9 Å². The van der Waals surface area contributed by atoms with Gasteiger partial charge in [0, 0.05) is 19.0 Å². The SMILES string of the molecule is O=C(c1ccno1)N1CC[C@@]2(C[C@@H](OCc3ccccc3)CO2)C1. The molecule has 2 aliphatic rings. The number of aromatic nitrogens is 1. The number of ether oxygens (including phenoxy) is 2. The predicted molar refractivity (Wildman–Crippen MR) is 85.3 cm³/mol. The molecule has 3 heterocycles. The van der Waals surface area contributed by atoms with Crippen LogP contribution < -0.4 is 0 Å². The standard InChI is InChI=1S/C18H20N2O4/c21-17(16-6-8-19-24-16)20-9-7-18(13-20)10-15(12-23-18)22-11-14-4-2-1-3-5-14/h1-6,8,15H,7,9-13H2/t15-,18-/m1/s1. The van der Waals surface area contributed by atoms with Gasteiger partial charge in [0.15, 0.2) is 0 Å². The third kappa shape index (κ3) is 3.07. The Kier molecular flexibility index (Phi) is 4.08. The number of benzene rings is 1. The van der Waals surface area contributed by atoms with Crippen LogP contribution in [-0.4, -0.2) is 47.4 Å². The molecule has 4 rings (SSSR count). The number of rotatable bonds is 4. The molecule has 2 aromatic rings. The fourth-order valence-electron chi connectivity index (χ4n) is 3.48. The molecule has 2 aliphatic heterocycles. The third-order valence-electron chi connectivity index (χ3n) is 4.76. The van der Waals surface area contributed by atoms with Crippen LogP contribution in [-0.2, 0) is 16.1 Å². The van der Waals surface area contributed by atoms with Crippen LogP contribution in [0.2, 0.25) is 0 Å². The maximum atomic E-state index is 12.3. The minimum Gasteiger partial charge on any atom is -0.371 e. The summed E-state index contributed by atoms with van der Waals surface area (Å²) in [6, 6.07) is 11.7. The summed E-state index contributed by atoms with van der Waals surface area (Å²) in [6.07, 6.45) is 3.21. The molecular weight excluding hydrogens is 308 g/mol. The number of amides is 1. The van der Waals surface area contributed by atoms with Crippen molar-refractivity contribution in [3.8, 4) is 0 Å². The van der Waals surface area contributed by atoms with Crippen LogP contribution in [0.25, 0.3) is 0 Å². The lowest BCUT2D eigenvalue weighted by atomic mass is 9.98. The molecule has 2 atom stereocenters. The molecule has 0 N–H and O–H groups in total. The molecule has 1 spiro atoms. The van der Waals surface area contributed by atoms with Gasteiger partial charge in [0.1, 0.15) is 0 Å². The van der Waals surface area contributed by atoms with Crippen LogP contribution in [0.4, 0.5) is 0 Å². The van der Waals surface area contributed by atoms with Gasteiger partial charge in [-0.15, -0.1) is 0 Å². The highest BCUT2D eigenvalue weighted by Gasteiger charge is 2.47. The fraction of sp³-hybridized carbons (Fsp3) is 0.444. The summed E-state index contributed by atoms with van der Waals surface area (Å²) in [7, 11) is 0. The number of carbonyl (C=O) groups excluding carboxylic acids is 1. The Morgan fingerprint density at radius 1 is 1.33 bits per heavy atom. The Morgan fingerprint density at radius 2 is 2.21 bits per heavy atom. The highest BCUT2D eigenvalue weighted by Crippen LogP contribution is 2.37. The van der Waals surface area contributed by atoms with Crippen molar-refractivity contribution in [2.75, 3.05) is 19.7 Å². The Labute approximate surface area is 140 Å². The van der Waals surface area contributed by atoms with Gasteiger partial charge in [-0.05, 0) is 12.0 Å². The zero-order chi connectivity index (χ0) is 16.4. The Hall–Kier alpha value is -2.18. The summed E-state index contributed by atoms with van der Waals surface area (Å²) in [4.78, 5) is 14.1. The van der Waals surface area contributed by atoms with Crippen LogP contribution in [0.1, 0.15) is 29.0 Å². The normalized spacial score (nSPS) is 26.3. The highest BCUT2D eigenvalue weighted by molar-refractivity contribution is 5.91. The van der Waals surface area contributed by atoms with Crippen molar-refractivity contribution in [1.29, 1.82) is 0 Å². The van der Waals surface area contributed by atoms with Gasteiger partial charge >= 0.3 is 0 Å². The van der Waals surface area contributed by atoms with Crippen molar-refractivity contribution in [2.45, 2.75) is 31.2 Å². The molecule has 1 aromatic heterocycles. The first-order valence-electron chi connectivity index (χ1n) is 8.24. The van der Waals surface area contributed by atoms with Gasteiger partial charge in [0.25, 0.3) is 5.91 Å². The zero-order valence-electron chi connectivity index (χ0n) is 13.4. The van der Waals surface area contributed by atoms with Crippen LogP contribution in [0.15, 0.2) is 47.1 Å². The lowest BCUT2D eigenvalue weighted by Crippen LogP contribution is -2.36. The molecule has 24 heavy (non-hydrogen) atoms. The van der Waals surface area contributed by atoms with Crippen LogP contribution >= 0.6 is 0 Å². The number of likely N-dealkylation sites (tertiary alicyclic amines) is 1. The minimum atomic E-state index is -0.281. The third-order valence-corrected chi connectivity index (χ3v) is 4.76. The van der Waals surface area contributed by atoms with Crippen molar-refractivity contribution >= 4 is 5.91 Å². The van der Waals surface area contributed by atoms with E-state index in [-0.39, 0.29) is 23.4 Å². The van der Waals surface area contributed by atoms with E-state index in [4.69, 9.17) is 14.0 Å². The average molecular weight is 328 g/mol. The first kappa shape index (κ1) is 15.4. The van der Waals surface area contributed by atoms with Crippen LogP contribution in [0.3, 0.4) is 0 Å². The molecule has 6 nitrogen and oxygen atoms in total. The maximum absolute atomic E-state index is 12.3. The van der Waals surface area contributed by atoms with Crippen molar-refractivity contribution in [2.24, 2.45) is 0 Å². The van der Waals surface area contributed by atoms with E-state index in [1.165, 1.54) is 6.20 Å². The smallest absolute Gasteiger partial charge is 0.292 e. The van der Waals surface area contributed by atoms with E-state index < -0.39 is 0 Å². The minimum absolute atomic E-state index is 0.0746. The number of hydrogen-bond donors (Lipinski definition) is 0. The molecule has 1 aromatic carbocycles. The molecule has 6 heteroatoms. The molecule has 2 saturated heterocycles. The maximum Gasteiger partial charge on any atom is 0.292 e. The summed E-state index contributed by atoms with van der Waals surface area (Å²) in [5, 5.41) is 3.60. The first-order valence-corrected chi connectivity index (χ1v) is 8.24. The quantitative estimate of drug-likeness (QED) is 0.861. The zero-order valence-corrected chi connectivity index (χ0v) is 13.4. The number of carbonyl (C=O) groups is 1. The van der Waals surface area contributed by atoms with E-state index in [2.05, 4.69) is 17.3 Å². The van der Waals surface area contributed by atoms with E-state index >= 15 is 0 Å². The topological polar surface area (TPSA) is 64.8 Å². The molecule has 0 radical (unpaired) electrons. The lowest BCUT2D eigenvalue weighted by molar-refractivity contribution is 0.0000650. The van der Waals surface area contributed by atoms with Gasteiger partial charge in [0.05, 0.1) is 37.7 Å². The van der Waals surface area contributed by atoms with E-state index in [1.54, 1.807) is 11.0 Å². The van der Waals surface area contributed by atoms with Crippen molar-refractivity contribution < 1.29 is 18.8 Å². The summed E-state index contributed by atoms with van der Waals surface area (Å²) in [6.45, 7) is 2.42. The Morgan fingerprint density at radius 3 is 3.00 bits per heavy atom. The summed E-state index contributed by atoms with van der Waals surface area (Å²) < 4.78 is 17.0. The summed E-state index contributed by atoms with van der Waals surface area (Å²) in [5.74, 6) is 0.156. The van der Waals surface area contributed by atoms with Crippen molar-refractivity contribution in [1.82, 2.24) is 10.1 Å². The lowest BCUT2D eigenvalue weighted by Gasteiger charge is -2.22. The Balaban J connectivity index is 1.32.